The lowest BCUT2D eigenvalue weighted by Crippen LogP contribution is -2.42. The van der Waals surface area contributed by atoms with Gasteiger partial charge in [-0.05, 0) is 67.9 Å². The number of ether oxygens (including phenoxy) is 1. The summed E-state index contributed by atoms with van der Waals surface area (Å²) < 4.78 is 5.93. The van der Waals surface area contributed by atoms with Crippen molar-refractivity contribution in [2.75, 3.05) is 26.2 Å². The monoisotopic (exact) mass is 481 g/mol. The molecule has 1 N–H and O–H groups in total. The third kappa shape index (κ3) is 5.61. The summed E-state index contributed by atoms with van der Waals surface area (Å²) in [7, 11) is 0. The molecule has 1 fully saturated rings. The normalized spacial score (nSPS) is 16.5. The summed E-state index contributed by atoms with van der Waals surface area (Å²) >= 11 is 0. The summed E-state index contributed by atoms with van der Waals surface area (Å²) in [6.45, 7) is 2.28. The molecule has 3 heterocycles. The molecule has 2 aromatic heterocycles. The molecule has 1 aliphatic heterocycles. The fourth-order valence-electron chi connectivity index (χ4n) is 5.05. The number of β-amino-alcohol motifs (C(OH)–C–C–N with tert-alkyl or cyclic N) is 1. The van der Waals surface area contributed by atoms with Gasteiger partial charge in [0.2, 0.25) is 0 Å². The number of benzene rings is 2. The quantitative estimate of drug-likeness (QED) is 0.380. The minimum Gasteiger partial charge on any atom is -0.490 e. The number of fused-ring (bicyclic) bond motifs is 1. The molecule has 6 heteroatoms. The molecular weight excluding hydrogens is 450 g/mol. The number of ketones is 1. The van der Waals surface area contributed by atoms with Gasteiger partial charge in [-0.25, -0.2) is 0 Å². The third-order valence-corrected chi connectivity index (χ3v) is 6.90. The molecule has 2 unspecified atom stereocenters. The molecule has 0 amide bonds. The second-order valence-corrected chi connectivity index (χ2v) is 9.37. The molecule has 4 aromatic rings. The van der Waals surface area contributed by atoms with Crippen molar-refractivity contribution in [2.24, 2.45) is 5.92 Å². The number of carbonyl (C=O) groups excluding carboxylic acids is 1. The van der Waals surface area contributed by atoms with Gasteiger partial charge < -0.3 is 14.7 Å². The first-order valence-corrected chi connectivity index (χ1v) is 12.6. The molecule has 1 aliphatic rings. The summed E-state index contributed by atoms with van der Waals surface area (Å²) in [6.07, 6.45) is 4.44. The minimum atomic E-state index is -0.616. The average Bonchev–Trinajstić information content (AvgIpc) is 2.93. The van der Waals surface area contributed by atoms with E-state index in [0.29, 0.717) is 6.54 Å². The van der Waals surface area contributed by atoms with Crippen LogP contribution in [0.4, 0.5) is 0 Å². The van der Waals surface area contributed by atoms with E-state index in [2.05, 4.69) is 14.9 Å². The van der Waals surface area contributed by atoms with Crippen LogP contribution in [0.3, 0.4) is 0 Å². The van der Waals surface area contributed by atoms with E-state index in [0.717, 1.165) is 53.8 Å². The van der Waals surface area contributed by atoms with Crippen LogP contribution < -0.4 is 4.74 Å². The van der Waals surface area contributed by atoms with Gasteiger partial charge in [0.1, 0.15) is 24.2 Å². The van der Waals surface area contributed by atoms with E-state index >= 15 is 0 Å². The van der Waals surface area contributed by atoms with Crippen LogP contribution in [0, 0.1) is 5.92 Å². The number of pyridine rings is 2. The Morgan fingerprint density at radius 1 is 0.917 bits per heavy atom. The lowest BCUT2D eigenvalue weighted by atomic mass is 9.80. The van der Waals surface area contributed by atoms with Crippen LogP contribution in [0.25, 0.3) is 10.9 Å². The third-order valence-electron chi connectivity index (χ3n) is 6.90. The lowest BCUT2D eigenvalue weighted by Gasteiger charge is -2.33. The zero-order chi connectivity index (χ0) is 24.7. The number of carbonyl (C=O) groups is 1. The fourth-order valence-corrected chi connectivity index (χ4v) is 5.05. The van der Waals surface area contributed by atoms with Crippen LogP contribution in [0.1, 0.15) is 30.0 Å². The Bertz CT molecular complexity index is 1230. The Hall–Kier alpha value is -3.61. The molecule has 184 valence electrons. The molecule has 2 aromatic carbocycles. The summed E-state index contributed by atoms with van der Waals surface area (Å²) in [4.78, 5) is 24.7. The van der Waals surface area contributed by atoms with Gasteiger partial charge in [0.15, 0.2) is 0 Å². The van der Waals surface area contributed by atoms with Crippen LogP contribution in [0.5, 0.6) is 5.75 Å². The Morgan fingerprint density at radius 2 is 1.69 bits per heavy atom. The highest BCUT2D eigenvalue weighted by Crippen LogP contribution is 2.31. The Labute approximate surface area is 211 Å². The first kappa shape index (κ1) is 24.1. The second kappa shape index (κ2) is 11.4. The van der Waals surface area contributed by atoms with E-state index in [1.165, 1.54) is 0 Å². The van der Waals surface area contributed by atoms with Gasteiger partial charge in [-0.2, -0.15) is 0 Å². The Morgan fingerprint density at radius 3 is 2.47 bits per heavy atom. The van der Waals surface area contributed by atoms with Crippen molar-refractivity contribution in [1.82, 2.24) is 14.9 Å². The van der Waals surface area contributed by atoms with Crippen LogP contribution in [-0.2, 0) is 4.79 Å². The summed E-state index contributed by atoms with van der Waals surface area (Å²) in [5.41, 5.74) is 2.66. The smallest absolute Gasteiger partial charge is 0.149 e. The van der Waals surface area contributed by atoms with Gasteiger partial charge in [-0.1, -0.05) is 42.5 Å². The molecule has 36 heavy (non-hydrogen) atoms. The zero-order valence-electron chi connectivity index (χ0n) is 20.2. The topological polar surface area (TPSA) is 75.6 Å². The molecule has 0 bridgehead atoms. The SMILES string of the molecule is O=C(C1CCN(CC(O)COc2cccc3ncccc23)CC1)C(c1ccccc1)c1ccccn1. The number of Topliss-reactive ketones (excluding diaryl/α,β-unsaturated/α-hetero) is 1. The number of aliphatic hydroxyl groups is 1. The molecular formula is C30H31N3O3. The number of aromatic nitrogens is 2. The van der Waals surface area contributed by atoms with Gasteiger partial charge >= 0.3 is 0 Å². The summed E-state index contributed by atoms with van der Waals surface area (Å²) in [5, 5.41) is 11.6. The predicted octanol–water partition coefficient (Wildman–Crippen LogP) is 4.48. The first-order chi connectivity index (χ1) is 17.7. The zero-order valence-corrected chi connectivity index (χ0v) is 20.2. The highest BCUT2D eigenvalue weighted by Gasteiger charge is 2.33. The number of piperidine rings is 1. The molecule has 0 radical (unpaired) electrons. The van der Waals surface area contributed by atoms with Gasteiger partial charge in [0.25, 0.3) is 0 Å². The predicted molar refractivity (Wildman–Crippen MR) is 140 cm³/mol. The number of aliphatic hydroxyl groups excluding tert-OH is 1. The van der Waals surface area contributed by atoms with E-state index in [1.54, 1.807) is 12.4 Å². The minimum absolute atomic E-state index is 0.0231. The van der Waals surface area contributed by atoms with E-state index in [4.69, 9.17) is 4.74 Å². The molecule has 0 spiro atoms. The maximum Gasteiger partial charge on any atom is 0.149 e. The van der Waals surface area contributed by atoms with Crippen molar-refractivity contribution in [1.29, 1.82) is 0 Å². The maximum atomic E-state index is 13.7. The number of rotatable bonds is 9. The van der Waals surface area contributed by atoms with Crippen LogP contribution >= 0.6 is 0 Å². The van der Waals surface area contributed by atoms with Crippen molar-refractivity contribution in [2.45, 2.75) is 24.9 Å². The average molecular weight is 482 g/mol. The standard InChI is InChI=1S/C30H31N3O3/c34-24(21-36-28-13-6-12-26-25(28)10-7-17-31-26)20-33-18-14-23(15-19-33)30(35)29(22-8-2-1-3-9-22)27-11-4-5-16-32-27/h1-13,16-17,23-24,29,34H,14-15,18-21H2. The van der Waals surface area contributed by atoms with E-state index in [-0.39, 0.29) is 24.2 Å². The highest BCUT2D eigenvalue weighted by atomic mass is 16.5. The van der Waals surface area contributed by atoms with Crippen LogP contribution in [-0.4, -0.2) is 58.1 Å². The summed E-state index contributed by atoms with van der Waals surface area (Å²) in [6, 6.07) is 25.3. The Kier molecular flexibility index (Phi) is 7.64. The largest absolute Gasteiger partial charge is 0.490 e. The number of hydrogen-bond donors (Lipinski definition) is 1. The first-order valence-electron chi connectivity index (χ1n) is 12.6. The van der Waals surface area contributed by atoms with Crippen molar-refractivity contribution < 1.29 is 14.6 Å². The highest BCUT2D eigenvalue weighted by molar-refractivity contribution is 5.90. The fraction of sp³-hybridized carbons (Fsp3) is 0.300. The number of likely N-dealkylation sites (tertiary alicyclic amines) is 1. The molecule has 2 atom stereocenters. The second-order valence-electron chi connectivity index (χ2n) is 9.37. The van der Waals surface area contributed by atoms with Crippen molar-refractivity contribution in [3.8, 4) is 5.75 Å². The Balaban J connectivity index is 1.16. The number of hydrogen-bond acceptors (Lipinski definition) is 6. The summed E-state index contributed by atoms with van der Waals surface area (Å²) in [5.74, 6) is 0.585. The number of nitrogens with zero attached hydrogens (tertiary/aromatic N) is 3. The van der Waals surface area contributed by atoms with E-state index in [9.17, 15) is 9.90 Å². The van der Waals surface area contributed by atoms with Crippen LogP contribution in [0.2, 0.25) is 0 Å². The molecule has 1 saturated heterocycles. The van der Waals surface area contributed by atoms with Gasteiger partial charge in [-0.15, -0.1) is 0 Å². The molecule has 0 aliphatic carbocycles. The molecule has 6 nitrogen and oxygen atoms in total. The van der Waals surface area contributed by atoms with E-state index < -0.39 is 6.10 Å². The van der Waals surface area contributed by atoms with E-state index in [1.807, 2.05) is 78.9 Å². The van der Waals surface area contributed by atoms with Crippen molar-refractivity contribution >= 4 is 16.7 Å². The van der Waals surface area contributed by atoms with Gasteiger partial charge in [0, 0.05) is 30.2 Å². The van der Waals surface area contributed by atoms with Gasteiger partial charge in [-0.3, -0.25) is 14.8 Å². The van der Waals surface area contributed by atoms with Crippen LogP contribution in [0.15, 0.2) is 91.3 Å². The maximum absolute atomic E-state index is 13.7. The molecule has 0 saturated carbocycles. The molecule has 5 rings (SSSR count). The lowest BCUT2D eigenvalue weighted by molar-refractivity contribution is -0.125. The van der Waals surface area contributed by atoms with Crippen molar-refractivity contribution in [3.05, 3.63) is 103 Å². The van der Waals surface area contributed by atoms with Gasteiger partial charge in [0.05, 0.1) is 17.1 Å². The van der Waals surface area contributed by atoms with Crippen molar-refractivity contribution in [3.63, 3.8) is 0 Å².